The number of anilines is 1. The van der Waals surface area contributed by atoms with Crippen LogP contribution in [0, 0.1) is 5.92 Å². The zero-order chi connectivity index (χ0) is 21.7. The lowest BCUT2D eigenvalue weighted by Gasteiger charge is -2.31. The zero-order valence-corrected chi connectivity index (χ0v) is 18.4. The van der Waals surface area contributed by atoms with E-state index in [0.29, 0.717) is 36.6 Å². The van der Waals surface area contributed by atoms with Gasteiger partial charge in [0, 0.05) is 35.8 Å². The zero-order valence-electron chi connectivity index (χ0n) is 16.9. The van der Waals surface area contributed by atoms with Gasteiger partial charge in [0.1, 0.15) is 0 Å². The van der Waals surface area contributed by atoms with Crippen LogP contribution in [0.25, 0.3) is 0 Å². The van der Waals surface area contributed by atoms with Gasteiger partial charge in [-0.05, 0) is 44.4 Å². The molecule has 1 saturated heterocycles. The number of hydrogen-bond acceptors (Lipinski definition) is 6. The quantitative estimate of drug-likeness (QED) is 0.704. The Labute approximate surface area is 184 Å². The lowest BCUT2D eigenvalue weighted by Crippen LogP contribution is -2.44. The van der Waals surface area contributed by atoms with Crippen molar-refractivity contribution < 1.29 is 14.4 Å². The van der Waals surface area contributed by atoms with Crippen molar-refractivity contribution in [1.82, 2.24) is 20.4 Å². The summed E-state index contributed by atoms with van der Waals surface area (Å²) in [5.74, 6) is -0.756. The van der Waals surface area contributed by atoms with Gasteiger partial charge >= 0.3 is 0 Å². The second-order valence-corrected chi connectivity index (χ2v) is 8.68. The molecule has 30 heavy (non-hydrogen) atoms. The molecule has 1 aliphatic rings. The van der Waals surface area contributed by atoms with Crippen molar-refractivity contribution in [3.63, 3.8) is 0 Å². The van der Waals surface area contributed by atoms with Crippen molar-refractivity contribution >= 4 is 46.3 Å². The van der Waals surface area contributed by atoms with Crippen LogP contribution in [0.2, 0.25) is 5.02 Å². The van der Waals surface area contributed by atoms with Crippen molar-refractivity contribution in [2.45, 2.75) is 39.2 Å². The molecule has 8 nitrogen and oxygen atoms in total. The highest BCUT2D eigenvalue weighted by Crippen LogP contribution is 2.22. The van der Waals surface area contributed by atoms with E-state index in [9.17, 15) is 14.4 Å². The first-order valence-electron chi connectivity index (χ1n) is 9.87. The number of hydrogen-bond donors (Lipinski definition) is 2. The number of likely N-dealkylation sites (tertiary alicyclic amines) is 1. The van der Waals surface area contributed by atoms with Gasteiger partial charge < -0.3 is 15.5 Å². The molecule has 1 aromatic carbocycles. The molecule has 1 aromatic heterocycles. The molecule has 2 heterocycles. The minimum atomic E-state index is -0.450. The standard InChI is InChI=1S/C20H24ClN5O3S/c1-3-12(2)22-16(27)13-7-9-26(10-8-13)20(29)19-25-24-18(30-19)17(28)23-15-6-4-5-14(21)11-15/h4-6,11-13H,3,7-10H2,1-2H3,(H,22,27)(H,23,28). The fourth-order valence-electron chi connectivity index (χ4n) is 3.09. The Morgan fingerprint density at radius 3 is 2.60 bits per heavy atom. The smallest absolute Gasteiger partial charge is 0.286 e. The summed E-state index contributed by atoms with van der Waals surface area (Å²) in [6.07, 6.45) is 2.09. The maximum Gasteiger partial charge on any atom is 0.286 e. The summed E-state index contributed by atoms with van der Waals surface area (Å²) >= 11 is 6.86. The fourth-order valence-corrected chi connectivity index (χ4v) is 3.99. The Kier molecular flexibility index (Phi) is 7.38. The van der Waals surface area contributed by atoms with Crippen LogP contribution in [0.3, 0.4) is 0 Å². The third kappa shape index (κ3) is 5.54. The van der Waals surface area contributed by atoms with Gasteiger partial charge in [-0.15, -0.1) is 10.2 Å². The van der Waals surface area contributed by atoms with Gasteiger partial charge in [0.2, 0.25) is 15.9 Å². The molecule has 1 aliphatic heterocycles. The predicted octanol–water partition coefficient (Wildman–Crippen LogP) is 3.21. The van der Waals surface area contributed by atoms with Gasteiger partial charge in [0.25, 0.3) is 11.8 Å². The van der Waals surface area contributed by atoms with Gasteiger partial charge in [-0.3, -0.25) is 14.4 Å². The summed E-state index contributed by atoms with van der Waals surface area (Å²) < 4.78 is 0. The summed E-state index contributed by atoms with van der Waals surface area (Å²) in [6, 6.07) is 6.90. The van der Waals surface area contributed by atoms with Crippen molar-refractivity contribution in [1.29, 1.82) is 0 Å². The van der Waals surface area contributed by atoms with Crippen LogP contribution in [0.15, 0.2) is 24.3 Å². The largest absolute Gasteiger partial charge is 0.353 e. The Bertz CT molecular complexity index is 927. The number of piperidine rings is 1. The van der Waals surface area contributed by atoms with Crippen LogP contribution < -0.4 is 10.6 Å². The molecule has 0 spiro atoms. The normalized spacial score (nSPS) is 15.5. The summed E-state index contributed by atoms with van der Waals surface area (Å²) in [6.45, 7) is 4.95. The van der Waals surface area contributed by atoms with E-state index in [-0.39, 0.29) is 33.8 Å². The summed E-state index contributed by atoms with van der Waals surface area (Å²) in [7, 11) is 0. The molecule has 3 rings (SSSR count). The van der Waals surface area contributed by atoms with Crippen LogP contribution in [-0.4, -0.2) is 52.0 Å². The number of nitrogens with one attached hydrogen (secondary N) is 2. The van der Waals surface area contributed by atoms with Crippen molar-refractivity contribution in [3.05, 3.63) is 39.3 Å². The van der Waals surface area contributed by atoms with E-state index in [1.807, 2.05) is 13.8 Å². The maximum atomic E-state index is 12.7. The molecule has 0 radical (unpaired) electrons. The van der Waals surface area contributed by atoms with E-state index in [0.717, 1.165) is 17.8 Å². The number of benzene rings is 1. The first-order chi connectivity index (χ1) is 14.4. The molecule has 1 fully saturated rings. The highest BCUT2D eigenvalue weighted by molar-refractivity contribution is 7.15. The molecule has 0 aliphatic carbocycles. The van der Waals surface area contributed by atoms with Crippen LogP contribution >= 0.6 is 22.9 Å². The number of carbonyl (C=O) groups excluding carboxylic acids is 3. The average molecular weight is 450 g/mol. The number of halogens is 1. The Morgan fingerprint density at radius 1 is 1.23 bits per heavy atom. The molecular formula is C20H24ClN5O3S. The third-order valence-corrected chi connectivity index (χ3v) is 6.18. The van der Waals surface area contributed by atoms with Crippen molar-refractivity contribution in [2.75, 3.05) is 18.4 Å². The molecule has 3 amide bonds. The van der Waals surface area contributed by atoms with E-state index in [2.05, 4.69) is 20.8 Å². The monoisotopic (exact) mass is 449 g/mol. The first kappa shape index (κ1) is 22.2. The summed E-state index contributed by atoms with van der Waals surface area (Å²) in [5.41, 5.74) is 0.535. The lowest BCUT2D eigenvalue weighted by atomic mass is 9.95. The number of amides is 3. The minimum Gasteiger partial charge on any atom is -0.353 e. The van der Waals surface area contributed by atoms with Crippen LogP contribution in [0.5, 0.6) is 0 Å². The molecule has 10 heteroatoms. The maximum absolute atomic E-state index is 12.7. The molecule has 160 valence electrons. The second-order valence-electron chi connectivity index (χ2n) is 7.26. The van der Waals surface area contributed by atoms with Gasteiger partial charge in [-0.25, -0.2) is 0 Å². The molecule has 0 saturated carbocycles. The Hall–Kier alpha value is -2.52. The fraction of sp³-hybridized carbons (Fsp3) is 0.450. The van der Waals surface area contributed by atoms with Crippen molar-refractivity contribution in [3.8, 4) is 0 Å². The van der Waals surface area contributed by atoms with Crippen LogP contribution in [0.4, 0.5) is 5.69 Å². The van der Waals surface area contributed by atoms with Crippen molar-refractivity contribution in [2.24, 2.45) is 5.92 Å². The minimum absolute atomic E-state index is 0.0485. The van der Waals surface area contributed by atoms with Gasteiger partial charge in [-0.1, -0.05) is 35.9 Å². The van der Waals surface area contributed by atoms with E-state index < -0.39 is 5.91 Å². The summed E-state index contributed by atoms with van der Waals surface area (Å²) in [5, 5.41) is 14.2. The van der Waals surface area contributed by atoms with Gasteiger partial charge in [-0.2, -0.15) is 0 Å². The number of nitrogens with zero attached hydrogens (tertiary/aromatic N) is 3. The van der Waals surface area contributed by atoms with Crippen LogP contribution in [-0.2, 0) is 4.79 Å². The molecule has 0 bridgehead atoms. The molecule has 1 unspecified atom stereocenters. The number of rotatable bonds is 6. The Morgan fingerprint density at radius 2 is 1.93 bits per heavy atom. The molecule has 2 N–H and O–H groups in total. The number of carbonyl (C=O) groups is 3. The highest BCUT2D eigenvalue weighted by Gasteiger charge is 2.30. The molecule has 2 aromatic rings. The Balaban J connectivity index is 1.55. The van der Waals surface area contributed by atoms with E-state index in [4.69, 9.17) is 11.6 Å². The van der Waals surface area contributed by atoms with E-state index in [1.165, 1.54) is 0 Å². The predicted molar refractivity (Wildman–Crippen MR) is 116 cm³/mol. The summed E-state index contributed by atoms with van der Waals surface area (Å²) in [4.78, 5) is 39.0. The number of aromatic nitrogens is 2. The topological polar surface area (TPSA) is 104 Å². The first-order valence-corrected chi connectivity index (χ1v) is 11.1. The highest BCUT2D eigenvalue weighted by atomic mass is 35.5. The SMILES string of the molecule is CCC(C)NC(=O)C1CCN(C(=O)c2nnc(C(=O)Nc3cccc(Cl)c3)s2)CC1. The average Bonchev–Trinajstić information content (AvgIpc) is 3.23. The van der Waals surface area contributed by atoms with Gasteiger partial charge in [0.05, 0.1) is 0 Å². The third-order valence-electron chi connectivity index (χ3n) is 5.04. The van der Waals surface area contributed by atoms with E-state index in [1.54, 1.807) is 29.2 Å². The van der Waals surface area contributed by atoms with E-state index >= 15 is 0 Å². The lowest BCUT2D eigenvalue weighted by molar-refractivity contribution is -0.126. The van der Waals surface area contributed by atoms with Gasteiger partial charge in [0.15, 0.2) is 0 Å². The van der Waals surface area contributed by atoms with Crippen LogP contribution in [0.1, 0.15) is 52.7 Å². The molecular weight excluding hydrogens is 426 g/mol. The molecule has 1 atom stereocenters. The second kappa shape index (κ2) is 9.99.